The minimum Gasteiger partial charge on any atom is -0.479 e. The largest absolute Gasteiger partial charge is 0.479 e. The Morgan fingerprint density at radius 3 is 2.38 bits per heavy atom. The fourth-order valence-electron chi connectivity index (χ4n) is 3.24. The van der Waals surface area contributed by atoms with Crippen LogP contribution in [0.5, 0.6) is 0 Å². The number of nitrogens with zero attached hydrogens (tertiary/aromatic N) is 1. The lowest BCUT2D eigenvalue weighted by Crippen LogP contribution is -2.65. The Kier molecular flexibility index (Phi) is 4.08. The second-order valence-corrected chi connectivity index (χ2v) is 5.95. The summed E-state index contributed by atoms with van der Waals surface area (Å²) >= 11 is 0. The Morgan fingerprint density at radius 2 is 1.81 bits per heavy atom. The molecule has 2 amide bonds. The molecule has 21 heavy (non-hydrogen) atoms. The van der Waals surface area contributed by atoms with Crippen LogP contribution in [-0.2, 0) is 4.79 Å². The molecule has 1 saturated carbocycles. The predicted octanol–water partition coefficient (Wildman–Crippen LogP) is 2.37. The Morgan fingerprint density at radius 1 is 1.19 bits per heavy atom. The van der Waals surface area contributed by atoms with E-state index in [0.29, 0.717) is 19.4 Å². The summed E-state index contributed by atoms with van der Waals surface area (Å²) in [6, 6.07) is -1.00. The van der Waals surface area contributed by atoms with E-state index < -0.39 is 23.7 Å². The highest BCUT2D eigenvalue weighted by molar-refractivity contribution is 5.87. The molecule has 1 aliphatic carbocycles. The lowest BCUT2D eigenvalue weighted by Gasteiger charge is -2.40. The summed E-state index contributed by atoms with van der Waals surface area (Å²) in [5.41, 5.74) is -3.27. The van der Waals surface area contributed by atoms with E-state index in [-0.39, 0.29) is 6.04 Å². The molecule has 2 rings (SSSR count). The van der Waals surface area contributed by atoms with E-state index in [1.54, 1.807) is 5.32 Å². The van der Waals surface area contributed by atoms with Gasteiger partial charge in [0.05, 0.1) is 0 Å². The highest BCUT2D eigenvalue weighted by Gasteiger charge is 2.59. The molecule has 1 heterocycles. The zero-order valence-corrected chi connectivity index (χ0v) is 11.7. The van der Waals surface area contributed by atoms with E-state index in [1.165, 1.54) is 4.90 Å². The zero-order valence-electron chi connectivity index (χ0n) is 11.7. The minimum absolute atomic E-state index is 0.0648. The number of piperidine rings is 1. The number of alkyl halides is 3. The van der Waals surface area contributed by atoms with Crippen molar-refractivity contribution in [1.29, 1.82) is 0 Å². The topological polar surface area (TPSA) is 69.6 Å². The SMILES string of the molecule is CC(NC(=O)N1CCCC2CCCC21)(C(=O)O)C(F)(F)F. The number of rotatable bonds is 2. The van der Waals surface area contributed by atoms with Gasteiger partial charge >= 0.3 is 18.2 Å². The first kappa shape index (κ1) is 15.9. The number of halogens is 3. The second kappa shape index (κ2) is 5.38. The Balaban J connectivity index is 2.14. The average Bonchev–Trinajstić information content (AvgIpc) is 2.84. The first-order valence-corrected chi connectivity index (χ1v) is 7.05. The van der Waals surface area contributed by atoms with Gasteiger partial charge in [0, 0.05) is 12.6 Å². The number of carbonyl (C=O) groups excluding carboxylic acids is 1. The maximum atomic E-state index is 12.9. The van der Waals surface area contributed by atoms with Crippen molar-refractivity contribution >= 4 is 12.0 Å². The molecule has 1 saturated heterocycles. The summed E-state index contributed by atoms with van der Waals surface area (Å²) in [5, 5.41) is 10.5. The van der Waals surface area contributed by atoms with Crippen LogP contribution in [0.25, 0.3) is 0 Å². The maximum Gasteiger partial charge on any atom is 0.422 e. The third-order valence-electron chi connectivity index (χ3n) is 4.61. The van der Waals surface area contributed by atoms with Crippen molar-refractivity contribution in [2.45, 2.75) is 56.8 Å². The Labute approximate surface area is 120 Å². The van der Waals surface area contributed by atoms with Crippen LogP contribution in [0.4, 0.5) is 18.0 Å². The number of carbonyl (C=O) groups is 2. The quantitative estimate of drug-likeness (QED) is 0.823. The molecule has 1 aliphatic heterocycles. The molecule has 5 nitrogen and oxygen atoms in total. The molecule has 0 radical (unpaired) electrons. The van der Waals surface area contributed by atoms with Crippen molar-refractivity contribution in [3.05, 3.63) is 0 Å². The highest BCUT2D eigenvalue weighted by Crippen LogP contribution is 2.37. The van der Waals surface area contributed by atoms with Gasteiger partial charge in [0.1, 0.15) is 0 Å². The van der Waals surface area contributed by atoms with Crippen LogP contribution in [0.1, 0.15) is 39.0 Å². The number of hydrogen-bond acceptors (Lipinski definition) is 2. The lowest BCUT2D eigenvalue weighted by molar-refractivity contribution is -0.203. The third kappa shape index (κ3) is 2.80. The highest BCUT2D eigenvalue weighted by atomic mass is 19.4. The number of carboxylic acids is 1. The smallest absolute Gasteiger partial charge is 0.422 e. The fraction of sp³-hybridized carbons (Fsp3) is 0.846. The van der Waals surface area contributed by atoms with E-state index in [0.717, 1.165) is 32.1 Å². The molecule has 2 N–H and O–H groups in total. The van der Waals surface area contributed by atoms with E-state index >= 15 is 0 Å². The molecule has 120 valence electrons. The average molecular weight is 308 g/mol. The molecule has 2 aliphatic rings. The Bertz CT molecular complexity index is 441. The number of nitrogens with one attached hydrogen (secondary N) is 1. The summed E-state index contributed by atoms with van der Waals surface area (Å²) in [6.07, 6.45) is -0.639. The van der Waals surface area contributed by atoms with Gasteiger partial charge < -0.3 is 15.3 Å². The number of amides is 2. The number of carboxylic acid groups (broad SMARTS) is 1. The molecule has 0 bridgehead atoms. The van der Waals surface area contributed by atoms with Crippen LogP contribution in [0, 0.1) is 5.92 Å². The van der Waals surface area contributed by atoms with Gasteiger partial charge in [0.25, 0.3) is 0 Å². The van der Waals surface area contributed by atoms with Crippen LogP contribution in [-0.4, -0.2) is 46.3 Å². The molecule has 8 heteroatoms. The normalized spacial score (nSPS) is 28.7. The molecule has 3 unspecified atom stereocenters. The molecule has 0 aromatic heterocycles. The summed E-state index contributed by atoms with van der Waals surface area (Å²) in [5.74, 6) is -1.78. The molecule has 3 atom stereocenters. The van der Waals surface area contributed by atoms with Crippen molar-refractivity contribution in [3.63, 3.8) is 0 Å². The van der Waals surface area contributed by atoms with Crippen molar-refractivity contribution < 1.29 is 27.9 Å². The van der Waals surface area contributed by atoms with Crippen LogP contribution in [0.2, 0.25) is 0 Å². The summed E-state index contributed by atoms with van der Waals surface area (Å²) in [6.45, 7) is 0.851. The zero-order chi connectivity index (χ0) is 15.8. The van der Waals surface area contributed by atoms with Gasteiger partial charge in [-0.3, -0.25) is 0 Å². The molecule has 0 aromatic rings. The van der Waals surface area contributed by atoms with Crippen molar-refractivity contribution in [3.8, 4) is 0 Å². The first-order valence-electron chi connectivity index (χ1n) is 7.05. The van der Waals surface area contributed by atoms with Crippen molar-refractivity contribution in [1.82, 2.24) is 10.2 Å². The molecule has 0 spiro atoms. The lowest BCUT2D eigenvalue weighted by atomic mass is 9.92. The van der Waals surface area contributed by atoms with Gasteiger partial charge in [-0.1, -0.05) is 6.42 Å². The third-order valence-corrected chi connectivity index (χ3v) is 4.61. The minimum atomic E-state index is -5.06. The number of urea groups is 1. The van der Waals surface area contributed by atoms with Gasteiger partial charge in [-0.2, -0.15) is 13.2 Å². The number of hydrogen-bond donors (Lipinski definition) is 2. The first-order chi connectivity index (χ1) is 9.67. The summed E-state index contributed by atoms with van der Waals surface area (Å²) in [4.78, 5) is 24.5. The van der Waals surface area contributed by atoms with E-state index in [9.17, 15) is 22.8 Å². The van der Waals surface area contributed by atoms with Crippen LogP contribution >= 0.6 is 0 Å². The van der Waals surface area contributed by atoms with E-state index in [1.807, 2.05) is 0 Å². The molecule has 2 fully saturated rings. The molecular formula is C13H19F3N2O3. The maximum absolute atomic E-state index is 12.9. The van der Waals surface area contributed by atoms with Crippen LogP contribution < -0.4 is 5.32 Å². The number of aliphatic carboxylic acids is 1. The van der Waals surface area contributed by atoms with E-state index in [4.69, 9.17) is 5.11 Å². The number of likely N-dealkylation sites (tertiary alicyclic amines) is 1. The summed E-state index contributed by atoms with van der Waals surface area (Å²) < 4.78 is 38.8. The number of fused-ring (bicyclic) bond motifs is 1. The molecular weight excluding hydrogens is 289 g/mol. The second-order valence-electron chi connectivity index (χ2n) is 5.95. The van der Waals surface area contributed by atoms with E-state index in [2.05, 4.69) is 0 Å². The van der Waals surface area contributed by atoms with Gasteiger partial charge in [-0.25, -0.2) is 9.59 Å². The van der Waals surface area contributed by atoms with Gasteiger partial charge in [-0.15, -0.1) is 0 Å². The van der Waals surface area contributed by atoms with Crippen molar-refractivity contribution in [2.24, 2.45) is 5.92 Å². The van der Waals surface area contributed by atoms with Gasteiger partial charge in [0.15, 0.2) is 0 Å². The standard InChI is InChI=1S/C13H19F3N2O3/c1-12(10(19)20,13(14,15)16)17-11(21)18-7-3-5-8-4-2-6-9(8)18/h8-9H,2-7H2,1H3,(H,17,21)(H,19,20). The monoisotopic (exact) mass is 308 g/mol. The van der Waals surface area contributed by atoms with Gasteiger partial charge in [0.2, 0.25) is 5.54 Å². The van der Waals surface area contributed by atoms with Crippen molar-refractivity contribution in [2.75, 3.05) is 6.54 Å². The van der Waals surface area contributed by atoms with Crippen LogP contribution in [0.3, 0.4) is 0 Å². The van der Waals surface area contributed by atoms with Gasteiger partial charge in [-0.05, 0) is 38.5 Å². The van der Waals surface area contributed by atoms with Crippen LogP contribution in [0.15, 0.2) is 0 Å². The molecule has 0 aromatic carbocycles. The fourth-order valence-corrected chi connectivity index (χ4v) is 3.24. The predicted molar refractivity (Wildman–Crippen MR) is 67.7 cm³/mol. The summed E-state index contributed by atoms with van der Waals surface area (Å²) in [7, 11) is 0. The Hall–Kier alpha value is -1.47.